The molecule has 3 nitrogen and oxygen atoms in total. The molecule has 0 aliphatic carbocycles. The number of ether oxygens (including phenoxy) is 1. The fourth-order valence-electron chi connectivity index (χ4n) is 2.06. The van der Waals surface area contributed by atoms with Crippen LogP contribution in [0.25, 0.3) is 0 Å². The molecule has 0 spiro atoms. The highest BCUT2D eigenvalue weighted by Gasteiger charge is 2.11. The van der Waals surface area contributed by atoms with Crippen LogP contribution in [0.15, 0.2) is 18.2 Å². The summed E-state index contributed by atoms with van der Waals surface area (Å²) in [7, 11) is 4.11. The molecule has 0 amide bonds. The second kappa shape index (κ2) is 5.32. The van der Waals surface area contributed by atoms with Crippen molar-refractivity contribution in [2.75, 3.05) is 33.9 Å². The zero-order valence-electron chi connectivity index (χ0n) is 10.1. The van der Waals surface area contributed by atoms with E-state index in [4.69, 9.17) is 4.74 Å². The molecule has 88 valence electrons. The standard InChI is InChI=1S/C13H20N2O/c1-14-10-15(2)7-5-11-3-4-13-12(9-11)6-8-16-13/h3-4,9,14H,5-8,10H2,1-2H3. The Kier molecular flexibility index (Phi) is 3.80. The van der Waals surface area contributed by atoms with Crippen molar-refractivity contribution in [1.29, 1.82) is 0 Å². The van der Waals surface area contributed by atoms with E-state index in [2.05, 4.69) is 35.5 Å². The van der Waals surface area contributed by atoms with Crippen LogP contribution in [0.4, 0.5) is 0 Å². The van der Waals surface area contributed by atoms with Crippen LogP contribution in [-0.2, 0) is 12.8 Å². The summed E-state index contributed by atoms with van der Waals surface area (Å²) in [6.45, 7) is 2.87. The first-order valence-electron chi connectivity index (χ1n) is 5.87. The Balaban J connectivity index is 1.90. The van der Waals surface area contributed by atoms with E-state index in [0.717, 1.165) is 38.4 Å². The van der Waals surface area contributed by atoms with Crippen LogP contribution in [0.2, 0.25) is 0 Å². The molecule has 1 aromatic rings. The van der Waals surface area contributed by atoms with Gasteiger partial charge in [-0.1, -0.05) is 12.1 Å². The van der Waals surface area contributed by atoms with Crippen LogP contribution in [0, 0.1) is 0 Å². The molecule has 3 heteroatoms. The molecule has 16 heavy (non-hydrogen) atoms. The predicted octanol–water partition coefficient (Wildman–Crippen LogP) is 1.27. The normalized spacial score (nSPS) is 13.9. The maximum atomic E-state index is 5.50. The van der Waals surface area contributed by atoms with E-state index < -0.39 is 0 Å². The highest BCUT2D eigenvalue weighted by atomic mass is 16.5. The minimum atomic E-state index is 0.846. The van der Waals surface area contributed by atoms with E-state index in [1.54, 1.807) is 0 Å². The molecular formula is C13H20N2O. The minimum absolute atomic E-state index is 0.846. The first kappa shape index (κ1) is 11.4. The second-order valence-corrected chi connectivity index (χ2v) is 4.38. The third-order valence-electron chi connectivity index (χ3n) is 2.96. The van der Waals surface area contributed by atoms with Crippen LogP contribution < -0.4 is 10.1 Å². The molecule has 0 saturated carbocycles. The van der Waals surface area contributed by atoms with Gasteiger partial charge in [0.2, 0.25) is 0 Å². The van der Waals surface area contributed by atoms with Crippen molar-refractivity contribution >= 4 is 0 Å². The topological polar surface area (TPSA) is 24.5 Å². The molecule has 2 rings (SSSR count). The van der Waals surface area contributed by atoms with Gasteiger partial charge in [-0.2, -0.15) is 0 Å². The SMILES string of the molecule is CNCN(C)CCc1ccc2c(c1)CCO2. The van der Waals surface area contributed by atoms with Gasteiger partial charge in [-0.05, 0) is 37.7 Å². The van der Waals surface area contributed by atoms with Crippen molar-refractivity contribution in [2.24, 2.45) is 0 Å². The number of hydrogen-bond donors (Lipinski definition) is 1. The Hall–Kier alpha value is -1.06. The Morgan fingerprint density at radius 3 is 3.12 bits per heavy atom. The first-order valence-corrected chi connectivity index (χ1v) is 5.87. The van der Waals surface area contributed by atoms with Crippen molar-refractivity contribution in [3.05, 3.63) is 29.3 Å². The molecule has 1 aromatic carbocycles. The smallest absolute Gasteiger partial charge is 0.122 e. The number of nitrogens with zero attached hydrogens (tertiary/aromatic N) is 1. The largest absolute Gasteiger partial charge is 0.493 e. The Morgan fingerprint density at radius 2 is 2.31 bits per heavy atom. The lowest BCUT2D eigenvalue weighted by molar-refractivity contribution is 0.321. The van der Waals surface area contributed by atoms with Gasteiger partial charge in [0.1, 0.15) is 5.75 Å². The molecule has 0 saturated heterocycles. The van der Waals surface area contributed by atoms with Gasteiger partial charge in [-0.15, -0.1) is 0 Å². The molecule has 0 radical (unpaired) electrons. The van der Waals surface area contributed by atoms with E-state index in [0.29, 0.717) is 0 Å². The quantitative estimate of drug-likeness (QED) is 0.756. The number of benzene rings is 1. The van der Waals surface area contributed by atoms with E-state index in [-0.39, 0.29) is 0 Å². The Morgan fingerprint density at radius 1 is 1.44 bits per heavy atom. The zero-order chi connectivity index (χ0) is 11.4. The molecule has 0 atom stereocenters. The summed E-state index contributed by atoms with van der Waals surface area (Å²) in [6, 6.07) is 6.57. The van der Waals surface area contributed by atoms with Crippen LogP contribution in [0.5, 0.6) is 5.75 Å². The summed E-state index contributed by atoms with van der Waals surface area (Å²) in [5, 5.41) is 3.15. The third kappa shape index (κ3) is 2.74. The van der Waals surface area contributed by atoms with E-state index in [1.807, 2.05) is 7.05 Å². The zero-order valence-corrected chi connectivity index (χ0v) is 10.1. The lowest BCUT2D eigenvalue weighted by atomic mass is 10.1. The van der Waals surface area contributed by atoms with Crippen LogP contribution in [0.3, 0.4) is 0 Å². The fourth-order valence-corrected chi connectivity index (χ4v) is 2.06. The molecule has 0 bridgehead atoms. The molecule has 0 fully saturated rings. The maximum absolute atomic E-state index is 5.50. The molecule has 1 aliphatic rings. The summed E-state index contributed by atoms with van der Waals surface area (Å²) in [5.41, 5.74) is 2.78. The van der Waals surface area contributed by atoms with Gasteiger partial charge >= 0.3 is 0 Å². The van der Waals surface area contributed by atoms with Gasteiger partial charge in [0.15, 0.2) is 0 Å². The number of nitrogens with one attached hydrogen (secondary N) is 1. The third-order valence-corrected chi connectivity index (χ3v) is 2.96. The van der Waals surface area contributed by atoms with Gasteiger partial charge in [0.25, 0.3) is 0 Å². The van der Waals surface area contributed by atoms with Gasteiger partial charge < -0.3 is 10.1 Å². The van der Waals surface area contributed by atoms with Crippen LogP contribution >= 0.6 is 0 Å². The molecule has 1 aliphatic heterocycles. The lowest BCUT2D eigenvalue weighted by Crippen LogP contribution is -2.30. The van der Waals surface area contributed by atoms with E-state index in [1.165, 1.54) is 11.1 Å². The monoisotopic (exact) mass is 220 g/mol. The molecular weight excluding hydrogens is 200 g/mol. The van der Waals surface area contributed by atoms with Crippen molar-refractivity contribution in [2.45, 2.75) is 12.8 Å². The van der Waals surface area contributed by atoms with Gasteiger partial charge in [-0.3, -0.25) is 4.90 Å². The van der Waals surface area contributed by atoms with Gasteiger partial charge in [0.05, 0.1) is 6.61 Å². The predicted molar refractivity (Wildman–Crippen MR) is 65.9 cm³/mol. The number of fused-ring (bicyclic) bond motifs is 1. The van der Waals surface area contributed by atoms with Crippen molar-refractivity contribution in [1.82, 2.24) is 10.2 Å². The molecule has 0 aromatic heterocycles. The Bertz CT molecular complexity index is 352. The Labute approximate surface area is 97.4 Å². The summed E-state index contributed by atoms with van der Waals surface area (Å²) >= 11 is 0. The number of likely N-dealkylation sites (N-methyl/N-ethyl adjacent to an activating group) is 1. The highest BCUT2D eigenvalue weighted by molar-refractivity contribution is 5.39. The van der Waals surface area contributed by atoms with Gasteiger partial charge in [0, 0.05) is 19.6 Å². The van der Waals surface area contributed by atoms with Gasteiger partial charge in [-0.25, -0.2) is 0 Å². The summed E-state index contributed by atoms with van der Waals surface area (Å²) in [4.78, 5) is 2.28. The fraction of sp³-hybridized carbons (Fsp3) is 0.538. The lowest BCUT2D eigenvalue weighted by Gasteiger charge is -2.15. The van der Waals surface area contributed by atoms with E-state index >= 15 is 0 Å². The molecule has 1 N–H and O–H groups in total. The van der Waals surface area contributed by atoms with Crippen molar-refractivity contribution < 1.29 is 4.74 Å². The number of rotatable bonds is 5. The van der Waals surface area contributed by atoms with Crippen LogP contribution in [-0.4, -0.2) is 38.8 Å². The average molecular weight is 220 g/mol. The minimum Gasteiger partial charge on any atom is -0.493 e. The van der Waals surface area contributed by atoms with Crippen molar-refractivity contribution in [3.8, 4) is 5.75 Å². The van der Waals surface area contributed by atoms with Crippen molar-refractivity contribution in [3.63, 3.8) is 0 Å². The number of hydrogen-bond acceptors (Lipinski definition) is 3. The summed E-state index contributed by atoms with van der Waals surface area (Å²) in [6.07, 6.45) is 2.17. The molecule has 1 heterocycles. The molecule has 0 unspecified atom stereocenters. The van der Waals surface area contributed by atoms with E-state index in [9.17, 15) is 0 Å². The average Bonchev–Trinajstić information content (AvgIpc) is 2.74. The highest BCUT2D eigenvalue weighted by Crippen LogP contribution is 2.25. The second-order valence-electron chi connectivity index (χ2n) is 4.38. The first-order chi connectivity index (χ1) is 7.79. The summed E-state index contributed by atoms with van der Waals surface area (Å²) in [5.74, 6) is 1.08. The van der Waals surface area contributed by atoms with Crippen LogP contribution in [0.1, 0.15) is 11.1 Å². The maximum Gasteiger partial charge on any atom is 0.122 e. The summed E-state index contributed by atoms with van der Waals surface area (Å²) < 4.78 is 5.50.